The lowest BCUT2D eigenvalue weighted by Gasteiger charge is -2.24. The molecular formula is C36H26Cl2N6O6S2. The van der Waals surface area contributed by atoms with E-state index in [0.29, 0.717) is 43.8 Å². The minimum Gasteiger partial charge on any atom is -0.353 e. The molecule has 0 bridgehead atoms. The van der Waals surface area contributed by atoms with E-state index in [2.05, 4.69) is 15.1 Å². The highest BCUT2D eigenvalue weighted by Crippen LogP contribution is 2.44. The standard InChI is InChI=1S/C36H26Cl2N6O6S2/c37-27-11-7-12-28(38)34(27)40-29-13-4-1-8-22(29)20-32-39-30-14-5-2-9-25(30)35(46)43(32)41-52(49,50)24-18-16-23(17-19-24)42-33(45)21-51-36(42)26-10-3-6-15-31(26)44(47)48/h1-19,36,40-41H,20-21H2. The third-order valence-corrected chi connectivity index (χ3v) is 11.5. The van der Waals surface area contributed by atoms with Crippen molar-refractivity contribution in [2.45, 2.75) is 16.7 Å². The van der Waals surface area contributed by atoms with Gasteiger partial charge in [0.15, 0.2) is 0 Å². The van der Waals surface area contributed by atoms with Gasteiger partial charge in [0.25, 0.3) is 21.3 Å². The molecule has 0 spiro atoms. The van der Waals surface area contributed by atoms with E-state index in [1.165, 1.54) is 47.0 Å². The van der Waals surface area contributed by atoms with Gasteiger partial charge in [0, 0.05) is 23.9 Å². The number of thioether (sulfide) groups is 1. The summed E-state index contributed by atoms with van der Waals surface area (Å²) >= 11 is 14.1. The van der Waals surface area contributed by atoms with Crippen LogP contribution in [0.4, 0.5) is 22.7 Å². The highest BCUT2D eigenvalue weighted by atomic mass is 35.5. The van der Waals surface area contributed by atoms with Gasteiger partial charge in [-0.15, -0.1) is 11.8 Å². The maximum absolute atomic E-state index is 13.9. The van der Waals surface area contributed by atoms with Gasteiger partial charge in [0.1, 0.15) is 11.2 Å². The molecule has 1 fully saturated rings. The van der Waals surface area contributed by atoms with E-state index in [1.807, 2.05) is 6.07 Å². The van der Waals surface area contributed by atoms with E-state index >= 15 is 0 Å². The van der Waals surface area contributed by atoms with Crippen molar-refractivity contribution >= 4 is 84.5 Å². The van der Waals surface area contributed by atoms with Crippen LogP contribution in [0, 0.1) is 10.1 Å². The normalized spacial score (nSPS) is 14.5. The van der Waals surface area contributed by atoms with Gasteiger partial charge in [-0.25, -0.2) is 9.82 Å². The van der Waals surface area contributed by atoms with Crippen LogP contribution in [0.1, 0.15) is 22.3 Å². The molecule has 5 aromatic carbocycles. The quantitative estimate of drug-likeness (QED) is 0.105. The van der Waals surface area contributed by atoms with Crippen LogP contribution >= 0.6 is 35.0 Å². The van der Waals surface area contributed by atoms with E-state index in [-0.39, 0.29) is 39.9 Å². The number of halogens is 2. The van der Waals surface area contributed by atoms with E-state index in [4.69, 9.17) is 23.2 Å². The van der Waals surface area contributed by atoms with Gasteiger partial charge < -0.3 is 5.32 Å². The monoisotopic (exact) mass is 772 g/mol. The molecule has 1 aromatic heterocycles. The van der Waals surface area contributed by atoms with Gasteiger partial charge in [-0.1, -0.05) is 71.7 Å². The molecule has 2 heterocycles. The number of carbonyl (C=O) groups is 1. The molecule has 7 rings (SSSR count). The lowest BCUT2D eigenvalue weighted by atomic mass is 10.1. The van der Waals surface area contributed by atoms with E-state index in [0.717, 1.165) is 4.68 Å². The number of hydrogen-bond acceptors (Lipinski definition) is 9. The summed E-state index contributed by atoms with van der Waals surface area (Å²) in [5, 5.41) is 15.3. The highest BCUT2D eigenvalue weighted by molar-refractivity contribution is 8.00. The highest BCUT2D eigenvalue weighted by Gasteiger charge is 2.37. The van der Waals surface area contributed by atoms with Gasteiger partial charge in [0.2, 0.25) is 5.91 Å². The fourth-order valence-corrected chi connectivity index (χ4v) is 8.59. The first-order valence-electron chi connectivity index (χ1n) is 15.6. The van der Waals surface area contributed by atoms with Crippen LogP contribution in [0.5, 0.6) is 0 Å². The van der Waals surface area contributed by atoms with Gasteiger partial charge in [-0.2, -0.15) is 13.1 Å². The summed E-state index contributed by atoms with van der Waals surface area (Å²) < 4.78 is 28.7. The lowest BCUT2D eigenvalue weighted by Crippen LogP contribution is -2.36. The average Bonchev–Trinajstić information content (AvgIpc) is 3.53. The van der Waals surface area contributed by atoms with Crippen molar-refractivity contribution in [3.63, 3.8) is 0 Å². The molecule has 0 aliphatic carbocycles. The number of amides is 1. The average molecular weight is 774 g/mol. The Balaban J connectivity index is 1.22. The molecule has 0 radical (unpaired) electrons. The summed E-state index contributed by atoms with van der Waals surface area (Å²) in [6.45, 7) is 0. The fraction of sp³-hybridized carbons (Fsp3) is 0.0833. The number of sulfonamides is 1. The molecule has 1 aliphatic heterocycles. The number of fused-ring (bicyclic) bond motifs is 1. The number of nitro benzene ring substituents is 1. The number of benzene rings is 5. The maximum atomic E-state index is 13.9. The topological polar surface area (TPSA) is 157 Å². The summed E-state index contributed by atoms with van der Waals surface area (Å²) in [6, 6.07) is 30.6. The van der Waals surface area contributed by atoms with E-state index in [1.54, 1.807) is 78.9 Å². The summed E-state index contributed by atoms with van der Waals surface area (Å²) in [5.41, 5.74) is 2.08. The van der Waals surface area contributed by atoms with Gasteiger partial charge in [0.05, 0.1) is 47.8 Å². The van der Waals surface area contributed by atoms with Crippen LogP contribution in [-0.4, -0.2) is 34.7 Å². The molecule has 0 saturated carbocycles. The second-order valence-corrected chi connectivity index (χ2v) is 15.1. The summed E-state index contributed by atoms with van der Waals surface area (Å²) in [5.74, 6) is -0.0921. The number of nitrogens with zero attached hydrogens (tertiary/aromatic N) is 4. The van der Waals surface area contributed by atoms with Crippen LogP contribution < -0.4 is 20.6 Å². The Kier molecular flexibility index (Phi) is 9.63. The van der Waals surface area contributed by atoms with Crippen LogP contribution in [0.25, 0.3) is 10.9 Å². The fourth-order valence-electron chi connectivity index (χ4n) is 5.86. The zero-order valence-electron chi connectivity index (χ0n) is 26.8. The summed E-state index contributed by atoms with van der Waals surface area (Å²) in [7, 11) is -4.40. The number of rotatable bonds is 10. The molecule has 262 valence electrons. The second kappa shape index (κ2) is 14.3. The molecule has 16 heteroatoms. The lowest BCUT2D eigenvalue weighted by molar-refractivity contribution is -0.385. The van der Waals surface area contributed by atoms with Crippen molar-refractivity contribution in [3.8, 4) is 0 Å². The molecule has 1 atom stereocenters. The smallest absolute Gasteiger partial charge is 0.280 e. The third kappa shape index (κ3) is 6.80. The Labute approximate surface area is 311 Å². The molecule has 1 unspecified atom stereocenters. The minimum atomic E-state index is -4.40. The number of hydrogen-bond donors (Lipinski definition) is 2. The largest absolute Gasteiger partial charge is 0.353 e. The Morgan fingerprint density at radius 3 is 2.29 bits per heavy atom. The Bertz CT molecular complexity index is 2530. The molecule has 12 nitrogen and oxygen atoms in total. The van der Waals surface area contributed by atoms with Crippen LogP contribution in [0.2, 0.25) is 10.0 Å². The zero-order chi connectivity index (χ0) is 36.6. The number of aromatic nitrogens is 2. The Morgan fingerprint density at radius 1 is 0.865 bits per heavy atom. The Morgan fingerprint density at radius 2 is 1.54 bits per heavy atom. The second-order valence-electron chi connectivity index (χ2n) is 11.6. The van der Waals surface area contributed by atoms with Crippen LogP contribution in [-0.2, 0) is 21.2 Å². The van der Waals surface area contributed by atoms with E-state index < -0.39 is 25.9 Å². The SMILES string of the molecule is O=C1CSC(c2ccccc2[N+](=O)[O-])N1c1ccc(S(=O)(=O)Nn2c(Cc3ccccc3Nc3c(Cl)cccc3Cl)nc3ccccc3c2=O)cc1. The van der Waals surface area contributed by atoms with Crippen molar-refractivity contribution in [2.75, 3.05) is 20.8 Å². The summed E-state index contributed by atoms with van der Waals surface area (Å²) in [6.07, 6.45) is 0.0223. The molecule has 1 aliphatic rings. The Hall–Kier alpha value is -5.41. The van der Waals surface area contributed by atoms with Crippen molar-refractivity contribution in [3.05, 3.63) is 163 Å². The molecule has 1 saturated heterocycles. The van der Waals surface area contributed by atoms with Gasteiger partial charge in [-0.3, -0.25) is 24.6 Å². The van der Waals surface area contributed by atoms with Crippen molar-refractivity contribution in [2.24, 2.45) is 0 Å². The zero-order valence-corrected chi connectivity index (χ0v) is 29.9. The number of anilines is 3. The summed E-state index contributed by atoms with van der Waals surface area (Å²) in [4.78, 5) is 46.4. The van der Waals surface area contributed by atoms with Gasteiger partial charge in [-0.05, 0) is 66.2 Å². The minimum absolute atomic E-state index is 0.0223. The number of nitrogens with one attached hydrogen (secondary N) is 2. The van der Waals surface area contributed by atoms with Gasteiger partial charge >= 0.3 is 0 Å². The first-order valence-corrected chi connectivity index (χ1v) is 18.9. The maximum Gasteiger partial charge on any atom is 0.280 e. The predicted octanol–water partition coefficient (Wildman–Crippen LogP) is 7.66. The van der Waals surface area contributed by atoms with Crippen molar-refractivity contribution in [1.82, 2.24) is 9.66 Å². The van der Waals surface area contributed by atoms with Crippen LogP contribution in [0.15, 0.2) is 125 Å². The van der Waals surface area contributed by atoms with Crippen molar-refractivity contribution in [1.29, 1.82) is 0 Å². The number of para-hydroxylation sites is 4. The van der Waals surface area contributed by atoms with E-state index in [9.17, 15) is 28.1 Å². The molecule has 52 heavy (non-hydrogen) atoms. The number of carbonyl (C=O) groups excluding carboxylic acids is 1. The van der Waals surface area contributed by atoms with Crippen molar-refractivity contribution < 1.29 is 18.1 Å². The molecular weight excluding hydrogens is 747 g/mol. The molecule has 6 aromatic rings. The van der Waals surface area contributed by atoms with Crippen LogP contribution in [0.3, 0.4) is 0 Å². The first-order chi connectivity index (χ1) is 25.0. The molecule has 2 N–H and O–H groups in total. The molecule has 1 amide bonds. The third-order valence-electron chi connectivity index (χ3n) is 8.34. The number of nitro groups is 1. The predicted molar refractivity (Wildman–Crippen MR) is 204 cm³/mol. The first kappa shape index (κ1) is 35.0.